The van der Waals surface area contributed by atoms with Crippen LogP contribution in [0.5, 0.6) is 0 Å². The Labute approximate surface area is 136 Å². The quantitative estimate of drug-likeness (QED) is 0.721. The first-order valence-corrected chi connectivity index (χ1v) is 8.64. The van der Waals surface area contributed by atoms with Gasteiger partial charge in [0.25, 0.3) is 0 Å². The maximum absolute atomic E-state index is 13.0. The predicted molar refractivity (Wildman–Crippen MR) is 90.4 cm³/mol. The minimum absolute atomic E-state index is 0.0807. The summed E-state index contributed by atoms with van der Waals surface area (Å²) in [5.41, 5.74) is 1.96. The Morgan fingerprint density at radius 3 is 1.48 bits per heavy atom. The van der Waals surface area contributed by atoms with Crippen molar-refractivity contribution in [3.63, 3.8) is 0 Å². The summed E-state index contributed by atoms with van der Waals surface area (Å²) in [5, 5.41) is 0. The molecule has 6 heteroatoms. The number of anilines is 2. The highest BCUT2D eigenvalue weighted by molar-refractivity contribution is 7.91. The SMILES string of the molecule is CN(C)c1ccc2c(c1)S(=O)(=O)c1cc(N(C)C)ccc1C2=O. The molecule has 0 saturated carbocycles. The van der Waals surface area contributed by atoms with Gasteiger partial charge in [-0.05, 0) is 36.4 Å². The predicted octanol–water partition coefficient (Wildman–Crippen LogP) is 2.20. The van der Waals surface area contributed by atoms with Gasteiger partial charge in [-0.1, -0.05) is 0 Å². The Balaban J connectivity index is 2.30. The molecular weight excluding hydrogens is 312 g/mol. The van der Waals surface area contributed by atoms with Gasteiger partial charge in [-0.25, -0.2) is 8.42 Å². The maximum Gasteiger partial charge on any atom is 0.208 e. The molecule has 0 spiro atoms. The Bertz CT molecular complexity index is 848. The Morgan fingerprint density at radius 1 is 0.739 bits per heavy atom. The zero-order chi connectivity index (χ0) is 16.9. The molecule has 1 aliphatic rings. The first kappa shape index (κ1) is 15.6. The minimum Gasteiger partial charge on any atom is -0.378 e. The van der Waals surface area contributed by atoms with Gasteiger partial charge in [-0.3, -0.25) is 4.79 Å². The molecule has 0 atom stereocenters. The third-order valence-corrected chi connectivity index (χ3v) is 5.87. The molecule has 2 aromatic carbocycles. The number of hydrogen-bond acceptors (Lipinski definition) is 5. The standard InChI is InChI=1S/C17H18N2O3S/c1-18(2)11-5-7-13-15(9-11)23(21,22)16-10-12(19(3)4)6-8-14(16)17(13)20/h5-10H,1-4H3. The van der Waals surface area contributed by atoms with Gasteiger partial charge in [0.1, 0.15) is 0 Å². The van der Waals surface area contributed by atoms with E-state index in [2.05, 4.69) is 0 Å². The zero-order valence-electron chi connectivity index (χ0n) is 13.5. The van der Waals surface area contributed by atoms with Crippen molar-refractivity contribution in [2.45, 2.75) is 9.79 Å². The van der Waals surface area contributed by atoms with Crippen molar-refractivity contribution in [2.24, 2.45) is 0 Å². The summed E-state index contributed by atoms with van der Waals surface area (Å²) in [7, 11) is 3.60. The second-order valence-electron chi connectivity index (χ2n) is 5.98. The summed E-state index contributed by atoms with van der Waals surface area (Å²) in [6.45, 7) is 0. The normalized spacial score (nSPS) is 14.9. The third kappa shape index (κ3) is 2.30. The Hall–Kier alpha value is -2.34. The van der Waals surface area contributed by atoms with Gasteiger partial charge in [0.15, 0.2) is 5.78 Å². The molecule has 1 heterocycles. The van der Waals surface area contributed by atoms with E-state index in [0.717, 1.165) is 11.4 Å². The number of fused-ring (bicyclic) bond motifs is 2. The largest absolute Gasteiger partial charge is 0.378 e. The topological polar surface area (TPSA) is 57.7 Å². The number of benzene rings is 2. The molecule has 0 saturated heterocycles. The third-order valence-electron chi connectivity index (χ3n) is 4.03. The van der Waals surface area contributed by atoms with Crippen molar-refractivity contribution in [3.8, 4) is 0 Å². The molecule has 2 aromatic rings. The van der Waals surface area contributed by atoms with E-state index in [1.807, 2.05) is 38.0 Å². The fraction of sp³-hybridized carbons (Fsp3) is 0.235. The van der Waals surface area contributed by atoms with E-state index >= 15 is 0 Å². The summed E-state index contributed by atoms with van der Waals surface area (Å²) in [6.07, 6.45) is 0. The molecule has 0 fully saturated rings. The molecule has 0 bridgehead atoms. The summed E-state index contributed by atoms with van der Waals surface area (Å²) < 4.78 is 26.0. The molecule has 120 valence electrons. The molecule has 0 aliphatic carbocycles. The molecule has 1 aliphatic heterocycles. The van der Waals surface area contributed by atoms with Gasteiger partial charge in [-0.2, -0.15) is 0 Å². The van der Waals surface area contributed by atoms with Crippen LogP contribution >= 0.6 is 0 Å². The summed E-state index contributed by atoms with van der Waals surface area (Å²) in [5.74, 6) is -0.250. The number of ketones is 1. The molecule has 0 amide bonds. The molecule has 3 rings (SSSR count). The van der Waals surface area contributed by atoms with Gasteiger partial charge in [0.2, 0.25) is 9.84 Å². The van der Waals surface area contributed by atoms with Crippen LogP contribution in [0.4, 0.5) is 11.4 Å². The first-order valence-electron chi connectivity index (χ1n) is 7.16. The molecule has 0 aromatic heterocycles. The van der Waals surface area contributed by atoms with Crippen molar-refractivity contribution < 1.29 is 13.2 Å². The highest BCUT2D eigenvalue weighted by Crippen LogP contribution is 2.37. The fourth-order valence-electron chi connectivity index (χ4n) is 2.66. The second kappa shape index (κ2) is 5.09. The highest BCUT2D eigenvalue weighted by atomic mass is 32.2. The van der Waals surface area contributed by atoms with E-state index < -0.39 is 9.84 Å². The van der Waals surface area contributed by atoms with Crippen molar-refractivity contribution in [1.29, 1.82) is 0 Å². The van der Waals surface area contributed by atoms with Crippen molar-refractivity contribution in [3.05, 3.63) is 47.5 Å². The van der Waals surface area contributed by atoms with E-state index in [1.165, 1.54) is 0 Å². The van der Waals surface area contributed by atoms with Gasteiger partial charge < -0.3 is 9.80 Å². The van der Waals surface area contributed by atoms with Crippen LogP contribution in [-0.2, 0) is 9.84 Å². The lowest BCUT2D eigenvalue weighted by Gasteiger charge is -2.23. The van der Waals surface area contributed by atoms with Crippen molar-refractivity contribution in [2.75, 3.05) is 38.0 Å². The van der Waals surface area contributed by atoms with Crippen LogP contribution in [0.1, 0.15) is 15.9 Å². The van der Waals surface area contributed by atoms with Crippen molar-refractivity contribution >= 4 is 27.0 Å². The van der Waals surface area contributed by atoms with Crippen molar-refractivity contribution in [1.82, 2.24) is 0 Å². The summed E-state index contributed by atoms with van der Waals surface area (Å²) >= 11 is 0. The van der Waals surface area contributed by atoms with Gasteiger partial charge >= 0.3 is 0 Å². The molecule has 23 heavy (non-hydrogen) atoms. The van der Waals surface area contributed by atoms with Crippen LogP contribution in [0, 0.1) is 0 Å². The van der Waals surface area contributed by atoms with Crippen LogP contribution in [0.15, 0.2) is 46.2 Å². The lowest BCUT2D eigenvalue weighted by molar-refractivity contribution is 0.103. The molecule has 0 unspecified atom stereocenters. The number of sulfone groups is 1. The average Bonchev–Trinajstić information content (AvgIpc) is 2.51. The monoisotopic (exact) mass is 330 g/mol. The van der Waals surface area contributed by atoms with E-state index in [1.54, 1.807) is 36.4 Å². The number of nitrogens with zero attached hydrogens (tertiary/aromatic N) is 2. The van der Waals surface area contributed by atoms with Gasteiger partial charge in [0.05, 0.1) is 9.79 Å². The number of carbonyl (C=O) groups excluding carboxylic acids is 1. The molecule has 5 nitrogen and oxygen atoms in total. The van der Waals surface area contributed by atoms with E-state index in [0.29, 0.717) is 0 Å². The minimum atomic E-state index is -3.72. The number of rotatable bonds is 2. The van der Waals surface area contributed by atoms with Gasteiger partial charge in [-0.15, -0.1) is 0 Å². The lowest BCUT2D eigenvalue weighted by Crippen LogP contribution is -2.22. The summed E-state index contributed by atoms with van der Waals surface area (Å²) in [4.78, 5) is 16.5. The van der Waals surface area contributed by atoms with Gasteiger partial charge in [0, 0.05) is 50.7 Å². The maximum atomic E-state index is 13.0. The Kier molecular flexibility index (Phi) is 3.44. The number of hydrogen-bond donors (Lipinski definition) is 0. The average molecular weight is 330 g/mol. The lowest BCUT2D eigenvalue weighted by atomic mass is 10.0. The first-order chi connectivity index (χ1) is 10.7. The highest BCUT2D eigenvalue weighted by Gasteiger charge is 2.35. The second-order valence-corrected chi connectivity index (χ2v) is 7.87. The molecular formula is C17H18N2O3S. The van der Waals surface area contributed by atoms with Crippen LogP contribution < -0.4 is 9.80 Å². The van der Waals surface area contributed by atoms with E-state index in [4.69, 9.17) is 0 Å². The number of carbonyl (C=O) groups is 1. The van der Waals surface area contributed by atoms with Crippen LogP contribution in [0.25, 0.3) is 0 Å². The Morgan fingerprint density at radius 2 is 1.13 bits per heavy atom. The van der Waals surface area contributed by atoms with E-state index in [-0.39, 0.29) is 26.7 Å². The van der Waals surface area contributed by atoms with Crippen LogP contribution in [0.2, 0.25) is 0 Å². The van der Waals surface area contributed by atoms with Crippen LogP contribution in [0.3, 0.4) is 0 Å². The van der Waals surface area contributed by atoms with E-state index in [9.17, 15) is 13.2 Å². The molecule has 0 radical (unpaired) electrons. The fourth-order valence-corrected chi connectivity index (χ4v) is 4.35. The van der Waals surface area contributed by atoms with Crippen LogP contribution in [-0.4, -0.2) is 42.4 Å². The summed E-state index contributed by atoms with van der Waals surface area (Å²) in [6, 6.07) is 9.82. The smallest absolute Gasteiger partial charge is 0.208 e. The molecule has 0 N–H and O–H groups in total. The zero-order valence-corrected chi connectivity index (χ0v) is 14.3.